The van der Waals surface area contributed by atoms with Crippen LogP contribution in [-0.2, 0) is 6.54 Å². The summed E-state index contributed by atoms with van der Waals surface area (Å²) < 4.78 is 0. The van der Waals surface area contributed by atoms with Crippen molar-refractivity contribution in [2.75, 3.05) is 19.6 Å². The summed E-state index contributed by atoms with van der Waals surface area (Å²) in [7, 11) is 0. The maximum Gasteiger partial charge on any atom is 0.269 e. The smallest absolute Gasteiger partial charge is 0.269 e. The minimum atomic E-state index is -0.368. The Morgan fingerprint density at radius 1 is 1.15 bits per heavy atom. The van der Waals surface area contributed by atoms with Crippen LogP contribution in [0.5, 0.6) is 0 Å². The molecule has 1 fully saturated rings. The third-order valence-corrected chi connectivity index (χ3v) is 5.95. The van der Waals surface area contributed by atoms with E-state index in [2.05, 4.69) is 39.5 Å². The first-order valence-corrected chi connectivity index (χ1v) is 9.70. The molecule has 27 heavy (non-hydrogen) atoms. The van der Waals surface area contributed by atoms with Gasteiger partial charge in [0.1, 0.15) is 0 Å². The zero-order chi connectivity index (χ0) is 18.6. The van der Waals surface area contributed by atoms with Gasteiger partial charge < -0.3 is 5.32 Å². The first-order valence-electron chi connectivity index (χ1n) is 8.89. The number of hydrogen-bond acceptors (Lipinski definition) is 6. The van der Waals surface area contributed by atoms with Gasteiger partial charge in [0.05, 0.1) is 4.92 Å². The Bertz CT molecular complexity index is 911. The largest absolute Gasteiger partial charge is 0.314 e. The van der Waals surface area contributed by atoms with Crippen molar-refractivity contribution >= 4 is 17.0 Å². The topological polar surface area (TPSA) is 71.3 Å². The molecule has 0 bridgehead atoms. The molecule has 1 N–H and O–H groups in total. The predicted molar refractivity (Wildman–Crippen MR) is 107 cm³/mol. The molecule has 6 nitrogen and oxygen atoms in total. The normalized spacial score (nSPS) is 17.7. The van der Waals surface area contributed by atoms with Crippen molar-refractivity contribution in [3.63, 3.8) is 0 Å². The predicted octanol–water partition coefficient (Wildman–Crippen LogP) is 3.86. The van der Waals surface area contributed by atoms with Crippen LogP contribution in [0.3, 0.4) is 0 Å². The number of nitro benzene ring substituents is 1. The van der Waals surface area contributed by atoms with E-state index in [1.807, 2.05) is 24.5 Å². The highest BCUT2D eigenvalue weighted by atomic mass is 32.1. The molecule has 4 rings (SSSR count). The lowest BCUT2D eigenvalue weighted by atomic mass is 10.0. The average Bonchev–Trinajstić information content (AvgIpc) is 3.18. The Morgan fingerprint density at radius 2 is 1.93 bits per heavy atom. The van der Waals surface area contributed by atoms with Gasteiger partial charge in [-0.1, -0.05) is 0 Å². The average molecular weight is 380 g/mol. The third kappa shape index (κ3) is 4.05. The molecule has 2 aromatic heterocycles. The van der Waals surface area contributed by atoms with Crippen LogP contribution in [0.1, 0.15) is 16.5 Å². The van der Waals surface area contributed by atoms with Crippen molar-refractivity contribution in [2.24, 2.45) is 0 Å². The van der Waals surface area contributed by atoms with Gasteiger partial charge in [-0.25, -0.2) is 0 Å². The molecule has 1 aromatic carbocycles. The number of thiophene rings is 1. The molecule has 0 amide bonds. The zero-order valence-electron chi connectivity index (χ0n) is 14.7. The van der Waals surface area contributed by atoms with E-state index in [4.69, 9.17) is 0 Å². The summed E-state index contributed by atoms with van der Waals surface area (Å²) in [5, 5.41) is 14.3. The summed E-state index contributed by atoms with van der Waals surface area (Å²) in [6, 6.07) is 15.5. The van der Waals surface area contributed by atoms with Gasteiger partial charge in [-0.2, -0.15) is 0 Å². The summed E-state index contributed by atoms with van der Waals surface area (Å²) in [4.78, 5) is 19.5. The van der Waals surface area contributed by atoms with Crippen molar-refractivity contribution in [3.05, 3.63) is 81.5 Å². The fraction of sp³-hybridized carbons (Fsp3) is 0.250. The van der Waals surface area contributed by atoms with Crippen LogP contribution in [0.25, 0.3) is 10.4 Å². The van der Waals surface area contributed by atoms with Gasteiger partial charge in [-0.05, 0) is 47.5 Å². The number of nitro groups is 1. The van der Waals surface area contributed by atoms with Crippen LogP contribution in [0.15, 0.2) is 60.9 Å². The van der Waals surface area contributed by atoms with Crippen molar-refractivity contribution in [1.29, 1.82) is 0 Å². The first-order chi connectivity index (χ1) is 13.2. The van der Waals surface area contributed by atoms with E-state index in [0.29, 0.717) is 6.04 Å². The number of non-ortho nitro benzene ring substituents is 1. The van der Waals surface area contributed by atoms with E-state index in [1.165, 1.54) is 10.4 Å². The molecule has 138 valence electrons. The molecule has 1 aliphatic rings. The van der Waals surface area contributed by atoms with Crippen LogP contribution in [0.2, 0.25) is 0 Å². The summed E-state index contributed by atoms with van der Waals surface area (Å²) >= 11 is 1.75. The molecular formula is C20H20N4O2S. The third-order valence-electron chi connectivity index (χ3n) is 4.83. The summed E-state index contributed by atoms with van der Waals surface area (Å²) in [6.07, 6.45) is 3.69. The van der Waals surface area contributed by atoms with Crippen LogP contribution >= 0.6 is 11.3 Å². The molecule has 7 heteroatoms. The van der Waals surface area contributed by atoms with Gasteiger partial charge in [-0.3, -0.25) is 20.0 Å². The SMILES string of the molecule is O=[N+]([O-])c1ccc(-c2ccc(CN3CCNCC3c3ccncc3)s2)cc1. The molecule has 1 unspecified atom stereocenters. The Morgan fingerprint density at radius 3 is 2.67 bits per heavy atom. The highest BCUT2D eigenvalue weighted by Crippen LogP contribution is 2.32. The fourth-order valence-corrected chi connectivity index (χ4v) is 4.45. The van der Waals surface area contributed by atoms with Gasteiger partial charge in [0.25, 0.3) is 5.69 Å². The van der Waals surface area contributed by atoms with E-state index < -0.39 is 0 Å². The van der Waals surface area contributed by atoms with E-state index in [9.17, 15) is 10.1 Å². The highest BCUT2D eigenvalue weighted by Gasteiger charge is 2.24. The molecule has 0 spiro atoms. The van der Waals surface area contributed by atoms with Crippen molar-refractivity contribution < 1.29 is 4.92 Å². The van der Waals surface area contributed by atoms with Gasteiger partial charge in [-0.15, -0.1) is 11.3 Å². The van der Waals surface area contributed by atoms with Gasteiger partial charge in [0.15, 0.2) is 0 Å². The Hall–Kier alpha value is -2.61. The Labute approximate surface area is 161 Å². The molecule has 1 saturated heterocycles. The second-order valence-corrected chi connectivity index (χ2v) is 7.71. The summed E-state index contributed by atoms with van der Waals surface area (Å²) in [5.74, 6) is 0. The number of pyridine rings is 1. The maximum atomic E-state index is 10.8. The molecule has 0 saturated carbocycles. The van der Waals surface area contributed by atoms with Crippen LogP contribution in [0.4, 0.5) is 5.69 Å². The van der Waals surface area contributed by atoms with Crippen LogP contribution in [-0.4, -0.2) is 34.4 Å². The van der Waals surface area contributed by atoms with E-state index >= 15 is 0 Å². The second kappa shape index (κ2) is 7.96. The number of benzene rings is 1. The number of aromatic nitrogens is 1. The van der Waals surface area contributed by atoms with Crippen LogP contribution in [0, 0.1) is 10.1 Å². The first kappa shape index (κ1) is 17.8. The molecule has 3 heterocycles. The van der Waals surface area contributed by atoms with Gasteiger partial charge in [0, 0.05) is 66.5 Å². The lowest BCUT2D eigenvalue weighted by molar-refractivity contribution is -0.384. The molecule has 0 aliphatic carbocycles. The molecule has 0 radical (unpaired) electrons. The Kier molecular flexibility index (Phi) is 5.24. The zero-order valence-corrected chi connectivity index (χ0v) is 15.6. The van der Waals surface area contributed by atoms with Gasteiger partial charge in [0.2, 0.25) is 0 Å². The second-order valence-electron chi connectivity index (χ2n) is 6.54. The number of rotatable bonds is 5. The lowest BCUT2D eigenvalue weighted by Gasteiger charge is -2.36. The quantitative estimate of drug-likeness (QED) is 0.537. The van der Waals surface area contributed by atoms with E-state index in [-0.39, 0.29) is 10.6 Å². The summed E-state index contributed by atoms with van der Waals surface area (Å²) in [6.45, 7) is 3.82. The highest BCUT2D eigenvalue weighted by molar-refractivity contribution is 7.15. The van der Waals surface area contributed by atoms with Crippen molar-refractivity contribution in [3.8, 4) is 10.4 Å². The summed E-state index contributed by atoms with van der Waals surface area (Å²) in [5.41, 5.74) is 2.42. The Balaban J connectivity index is 1.50. The fourth-order valence-electron chi connectivity index (χ4n) is 3.42. The standard InChI is InChI=1S/C20H20N4O2S/c25-24(26)17-3-1-16(2-4-17)20-6-5-18(27-20)14-23-12-11-22-13-19(23)15-7-9-21-10-8-15/h1-10,19,22H,11-14H2. The maximum absolute atomic E-state index is 10.8. The molecule has 1 aliphatic heterocycles. The van der Waals surface area contributed by atoms with E-state index in [1.54, 1.807) is 23.5 Å². The number of nitrogens with zero attached hydrogens (tertiary/aromatic N) is 3. The number of nitrogens with one attached hydrogen (secondary N) is 1. The monoisotopic (exact) mass is 380 g/mol. The molecule has 3 aromatic rings. The lowest BCUT2D eigenvalue weighted by Crippen LogP contribution is -2.45. The number of piperazine rings is 1. The number of hydrogen-bond donors (Lipinski definition) is 1. The van der Waals surface area contributed by atoms with E-state index in [0.717, 1.165) is 36.6 Å². The minimum Gasteiger partial charge on any atom is -0.314 e. The van der Waals surface area contributed by atoms with Crippen LogP contribution < -0.4 is 5.32 Å². The van der Waals surface area contributed by atoms with Crippen molar-refractivity contribution in [2.45, 2.75) is 12.6 Å². The van der Waals surface area contributed by atoms with Gasteiger partial charge >= 0.3 is 0 Å². The molecule has 1 atom stereocenters. The minimum absolute atomic E-state index is 0.122. The van der Waals surface area contributed by atoms with Crippen molar-refractivity contribution in [1.82, 2.24) is 15.2 Å². The molecular weight excluding hydrogens is 360 g/mol.